The predicted octanol–water partition coefficient (Wildman–Crippen LogP) is 5.39. The maximum atomic E-state index is 13.0. The number of hydrogen-bond acceptors (Lipinski definition) is 7. The van der Waals surface area contributed by atoms with Crippen LogP contribution in [0.2, 0.25) is 10.0 Å². The molecule has 0 saturated carbocycles. The van der Waals surface area contributed by atoms with E-state index in [1.54, 1.807) is 18.3 Å². The van der Waals surface area contributed by atoms with Crippen LogP contribution < -0.4 is 25.0 Å². The number of halogens is 2. The summed E-state index contributed by atoms with van der Waals surface area (Å²) >= 11 is 13.2. The molecule has 2 aromatic heterocycles. The number of amides is 1. The van der Waals surface area contributed by atoms with Gasteiger partial charge in [0.15, 0.2) is 5.82 Å². The number of ether oxygens (including phenoxy) is 2. The number of carbonyl (C=O) groups is 1. The van der Waals surface area contributed by atoms with Crippen LogP contribution in [0.4, 0.5) is 11.5 Å². The third-order valence-corrected chi connectivity index (χ3v) is 7.31. The lowest BCUT2D eigenvalue weighted by molar-refractivity contribution is 0.102. The Labute approximate surface area is 230 Å². The second-order valence-corrected chi connectivity index (χ2v) is 10.1. The van der Waals surface area contributed by atoms with Crippen LogP contribution in [0.3, 0.4) is 0 Å². The van der Waals surface area contributed by atoms with E-state index < -0.39 is 0 Å². The predicted molar refractivity (Wildman–Crippen MR) is 151 cm³/mol. The van der Waals surface area contributed by atoms with Gasteiger partial charge in [0.05, 0.1) is 41.7 Å². The molecule has 11 heteroatoms. The summed E-state index contributed by atoms with van der Waals surface area (Å²) in [5.41, 5.74) is 3.30. The zero-order valence-electron chi connectivity index (χ0n) is 21.4. The van der Waals surface area contributed by atoms with Crippen LogP contribution in [0.1, 0.15) is 24.3 Å². The van der Waals surface area contributed by atoms with E-state index in [9.17, 15) is 4.79 Å². The lowest BCUT2D eigenvalue weighted by Crippen LogP contribution is -2.54. The van der Waals surface area contributed by atoms with Gasteiger partial charge in [-0.2, -0.15) is 5.10 Å². The van der Waals surface area contributed by atoms with Gasteiger partial charge in [0.2, 0.25) is 0 Å². The highest BCUT2D eigenvalue weighted by Gasteiger charge is 2.22. The van der Waals surface area contributed by atoms with Crippen molar-refractivity contribution in [2.75, 3.05) is 37.5 Å². The minimum Gasteiger partial charge on any atom is -0.495 e. The largest absolute Gasteiger partial charge is 0.495 e. The molecule has 2 atom stereocenters. The maximum absolute atomic E-state index is 13.0. The molecule has 0 spiro atoms. The van der Waals surface area contributed by atoms with Crippen molar-refractivity contribution in [3.8, 4) is 22.6 Å². The molecule has 5 rings (SSSR count). The number of benzene rings is 2. The van der Waals surface area contributed by atoms with Gasteiger partial charge in [-0.3, -0.25) is 9.89 Å². The van der Waals surface area contributed by atoms with Gasteiger partial charge >= 0.3 is 0 Å². The SMILES string of the molecule is COc1cc(OC)c(Cl)c(-c2ccc3c(NC(=O)c4ccc(N5C[C@@H](C)N[C@@H](C)C5)cn4)n[nH]c3c2)c1Cl. The highest BCUT2D eigenvalue weighted by atomic mass is 35.5. The summed E-state index contributed by atoms with van der Waals surface area (Å²) in [6.45, 7) is 6.09. The Morgan fingerprint density at radius 3 is 2.32 bits per heavy atom. The van der Waals surface area contributed by atoms with Gasteiger partial charge in [-0.1, -0.05) is 29.3 Å². The first kappa shape index (κ1) is 26.1. The van der Waals surface area contributed by atoms with E-state index in [4.69, 9.17) is 32.7 Å². The smallest absolute Gasteiger partial charge is 0.275 e. The summed E-state index contributed by atoms with van der Waals surface area (Å²) in [5.74, 6) is 0.937. The number of hydrogen-bond donors (Lipinski definition) is 3. The number of methoxy groups -OCH3 is 2. The molecule has 9 nitrogen and oxygen atoms in total. The molecule has 3 heterocycles. The van der Waals surface area contributed by atoms with E-state index in [2.05, 4.69) is 44.6 Å². The highest BCUT2D eigenvalue weighted by Crippen LogP contribution is 2.46. The number of nitrogens with zero attached hydrogens (tertiary/aromatic N) is 3. The molecule has 0 bridgehead atoms. The Morgan fingerprint density at radius 1 is 1.03 bits per heavy atom. The first-order valence-corrected chi connectivity index (χ1v) is 12.9. The van der Waals surface area contributed by atoms with Gasteiger partial charge in [0, 0.05) is 42.2 Å². The average Bonchev–Trinajstić information content (AvgIpc) is 3.30. The molecule has 1 saturated heterocycles. The standard InChI is InChI=1S/C27H28Cl2N6O3/c1-14-12-35(13-15(2)31-14)17-6-8-19(30-11-17)27(36)32-26-18-7-5-16(9-20(18)33-34-26)23-24(28)21(37-3)10-22(38-4)25(23)29/h5-11,14-15,31H,12-13H2,1-4H3,(H2,32,33,34,36)/t14-,15+. The van der Waals surface area contributed by atoms with Gasteiger partial charge in [0.1, 0.15) is 17.2 Å². The van der Waals surface area contributed by atoms with Crippen LogP contribution in [0, 0.1) is 0 Å². The van der Waals surface area contributed by atoms with Crippen LogP contribution in [-0.2, 0) is 0 Å². The Balaban J connectivity index is 1.37. The summed E-state index contributed by atoms with van der Waals surface area (Å²) in [4.78, 5) is 19.6. The Bertz CT molecular complexity index is 1450. The fourth-order valence-electron chi connectivity index (χ4n) is 4.83. The molecule has 0 radical (unpaired) electrons. The number of H-pyrrole nitrogens is 1. The second-order valence-electron chi connectivity index (χ2n) is 9.35. The van der Waals surface area contributed by atoms with Gasteiger partial charge < -0.3 is 25.0 Å². The van der Waals surface area contributed by atoms with E-state index in [1.807, 2.05) is 24.3 Å². The minimum absolute atomic E-state index is 0.305. The topological polar surface area (TPSA) is 104 Å². The van der Waals surface area contributed by atoms with Crippen molar-refractivity contribution in [1.29, 1.82) is 0 Å². The summed E-state index contributed by atoms with van der Waals surface area (Å²) in [7, 11) is 3.06. The van der Waals surface area contributed by atoms with Crippen molar-refractivity contribution >= 4 is 51.5 Å². The quantitative estimate of drug-likeness (QED) is 0.293. The Morgan fingerprint density at radius 2 is 1.71 bits per heavy atom. The fraction of sp³-hybridized carbons (Fsp3) is 0.296. The number of carbonyl (C=O) groups excluding carboxylic acids is 1. The molecule has 1 aliphatic rings. The number of aromatic nitrogens is 3. The molecular formula is C27H28Cl2N6O3. The third-order valence-electron chi connectivity index (χ3n) is 6.56. The normalized spacial score (nSPS) is 17.5. The number of piperazine rings is 1. The van der Waals surface area contributed by atoms with Gasteiger partial charge in [-0.25, -0.2) is 4.98 Å². The second kappa shape index (κ2) is 10.7. The summed E-state index contributed by atoms with van der Waals surface area (Å²) in [6, 6.07) is 11.6. The number of nitrogens with one attached hydrogen (secondary N) is 3. The first-order valence-electron chi connectivity index (χ1n) is 12.2. The van der Waals surface area contributed by atoms with E-state index in [1.165, 1.54) is 14.2 Å². The number of rotatable bonds is 6. The molecule has 1 aliphatic heterocycles. The zero-order valence-corrected chi connectivity index (χ0v) is 22.9. The van der Waals surface area contributed by atoms with Gasteiger partial charge in [-0.05, 0) is 43.7 Å². The molecule has 2 aromatic carbocycles. The monoisotopic (exact) mass is 554 g/mol. The van der Waals surface area contributed by atoms with Crippen LogP contribution >= 0.6 is 23.2 Å². The summed E-state index contributed by atoms with van der Waals surface area (Å²) < 4.78 is 10.8. The van der Waals surface area contributed by atoms with Crippen LogP contribution in [-0.4, -0.2) is 60.5 Å². The Kier molecular flexibility index (Phi) is 7.34. The van der Waals surface area contributed by atoms with E-state index in [0.29, 0.717) is 56.2 Å². The molecule has 1 fully saturated rings. The van der Waals surface area contributed by atoms with Crippen molar-refractivity contribution in [3.63, 3.8) is 0 Å². The average molecular weight is 555 g/mol. The highest BCUT2D eigenvalue weighted by molar-refractivity contribution is 6.41. The van der Waals surface area contributed by atoms with Crippen LogP contribution in [0.5, 0.6) is 11.5 Å². The first-order chi connectivity index (χ1) is 18.3. The number of pyridine rings is 1. The van der Waals surface area contributed by atoms with Crippen molar-refractivity contribution < 1.29 is 14.3 Å². The lowest BCUT2D eigenvalue weighted by Gasteiger charge is -2.37. The van der Waals surface area contributed by atoms with Crippen molar-refractivity contribution in [1.82, 2.24) is 20.5 Å². The van der Waals surface area contributed by atoms with Crippen molar-refractivity contribution in [3.05, 3.63) is 58.3 Å². The van der Waals surface area contributed by atoms with Gasteiger partial charge in [0.25, 0.3) is 5.91 Å². The molecule has 3 N–H and O–H groups in total. The van der Waals surface area contributed by atoms with Crippen LogP contribution in [0.15, 0.2) is 42.6 Å². The van der Waals surface area contributed by atoms with Crippen molar-refractivity contribution in [2.45, 2.75) is 25.9 Å². The van der Waals surface area contributed by atoms with Gasteiger partial charge in [-0.15, -0.1) is 0 Å². The van der Waals surface area contributed by atoms with E-state index in [-0.39, 0.29) is 5.91 Å². The van der Waals surface area contributed by atoms with E-state index in [0.717, 1.165) is 29.7 Å². The zero-order chi connectivity index (χ0) is 27.0. The summed E-state index contributed by atoms with van der Waals surface area (Å²) in [5, 5.41) is 15.1. The number of anilines is 2. The Hall–Kier alpha value is -3.53. The maximum Gasteiger partial charge on any atom is 0.275 e. The third kappa shape index (κ3) is 4.97. The summed E-state index contributed by atoms with van der Waals surface area (Å²) in [6.07, 6.45) is 1.74. The molecule has 38 heavy (non-hydrogen) atoms. The number of fused-ring (bicyclic) bond motifs is 1. The lowest BCUT2D eigenvalue weighted by atomic mass is 10.0. The molecule has 0 unspecified atom stereocenters. The van der Waals surface area contributed by atoms with Crippen molar-refractivity contribution in [2.24, 2.45) is 0 Å². The number of aromatic amines is 1. The molecule has 198 valence electrons. The fourth-order valence-corrected chi connectivity index (χ4v) is 5.55. The minimum atomic E-state index is -0.348. The molecule has 0 aliphatic carbocycles. The molecule has 1 amide bonds. The van der Waals surface area contributed by atoms with Crippen LogP contribution in [0.25, 0.3) is 22.0 Å². The molecular weight excluding hydrogens is 527 g/mol. The molecule has 4 aromatic rings. The van der Waals surface area contributed by atoms with E-state index >= 15 is 0 Å².